The van der Waals surface area contributed by atoms with Crippen LogP contribution < -0.4 is 11.1 Å². The number of nitrogens with two attached hydrogens (primary N) is 1. The molecule has 1 saturated carbocycles. The van der Waals surface area contributed by atoms with Gasteiger partial charge in [0.15, 0.2) is 11.6 Å². The molecule has 29 heavy (non-hydrogen) atoms. The number of nitrogens with one attached hydrogen (secondary N) is 1. The van der Waals surface area contributed by atoms with Crippen LogP contribution in [-0.4, -0.2) is 33.3 Å². The Kier molecular flexibility index (Phi) is 8.33. The summed E-state index contributed by atoms with van der Waals surface area (Å²) in [5.41, 5.74) is 8.41. The summed E-state index contributed by atoms with van der Waals surface area (Å²) >= 11 is 0. The van der Waals surface area contributed by atoms with Crippen molar-refractivity contribution in [2.75, 3.05) is 12.4 Å². The Labute approximate surface area is 181 Å². The number of rotatable bonds is 7. The number of hydrogen-bond acceptors (Lipinski definition) is 8. The van der Waals surface area contributed by atoms with E-state index in [-0.39, 0.29) is 30.9 Å². The molecule has 3 N–H and O–H groups in total. The molecule has 0 spiro atoms. The molecule has 10 heteroatoms. The van der Waals surface area contributed by atoms with E-state index < -0.39 is 0 Å². The van der Waals surface area contributed by atoms with E-state index in [2.05, 4.69) is 25.4 Å². The topological polar surface area (TPSA) is 112 Å². The van der Waals surface area contributed by atoms with Gasteiger partial charge in [-0.2, -0.15) is 0 Å². The first-order chi connectivity index (χ1) is 13.2. The highest BCUT2D eigenvalue weighted by molar-refractivity contribution is 5.85. The van der Waals surface area contributed by atoms with E-state index in [0.29, 0.717) is 36.3 Å². The van der Waals surface area contributed by atoms with Crippen LogP contribution in [-0.2, 0) is 17.9 Å². The minimum atomic E-state index is 0. The Morgan fingerprint density at radius 3 is 2.69 bits per heavy atom. The molecular formula is C19H24Cl2N6O2. The van der Waals surface area contributed by atoms with E-state index in [0.717, 1.165) is 30.0 Å². The second kappa shape index (κ2) is 10.5. The quantitative estimate of drug-likeness (QED) is 0.577. The summed E-state index contributed by atoms with van der Waals surface area (Å²) in [4.78, 5) is 13.4. The van der Waals surface area contributed by atoms with E-state index in [1.165, 1.54) is 0 Å². The number of ether oxygens (including phenoxy) is 1. The summed E-state index contributed by atoms with van der Waals surface area (Å²) in [6.45, 7) is 0.834. The molecule has 0 amide bonds. The minimum Gasteiger partial charge on any atom is -0.377 e. The lowest BCUT2D eigenvalue weighted by Crippen LogP contribution is -2.35. The molecule has 156 valence electrons. The minimum absolute atomic E-state index is 0. The Morgan fingerprint density at radius 1 is 1.17 bits per heavy atom. The highest BCUT2D eigenvalue weighted by atomic mass is 35.5. The van der Waals surface area contributed by atoms with Crippen LogP contribution in [0.2, 0.25) is 0 Å². The average molecular weight is 439 g/mol. The zero-order chi connectivity index (χ0) is 18.6. The van der Waals surface area contributed by atoms with Gasteiger partial charge in [-0.05, 0) is 25.0 Å². The number of hydrogen-bond donors (Lipinski definition) is 2. The lowest BCUT2D eigenvalue weighted by atomic mass is 9.78. The molecule has 1 aliphatic carbocycles. The van der Waals surface area contributed by atoms with Gasteiger partial charge in [-0.1, -0.05) is 11.2 Å². The molecule has 0 bridgehead atoms. The van der Waals surface area contributed by atoms with Crippen molar-refractivity contribution in [3.63, 3.8) is 0 Å². The lowest BCUT2D eigenvalue weighted by molar-refractivity contribution is 0.177. The number of pyridine rings is 1. The van der Waals surface area contributed by atoms with Crippen LogP contribution in [0, 0.1) is 0 Å². The number of anilines is 1. The van der Waals surface area contributed by atoms with Crippen LogP contribution >= 0.6 is 24.8 Å². The number of methoxy groups -OCH3 is 1. The molecule has 0 aromatic carbocycles. The zero-order valence-corrected chi connectivity index (χ0v) is 17.6. The number of halogens is 2. The smallest absolute Gasteiger partial charge is 0.156 e. The van der Waals surface area contributed by atoms with Crippen LogP contribution in [0.3, 0.4) is 0 Å². The Hall–Kier alpha value is -2.26. The third-order valence-corrected chi connectivity index (χ3v) is 4.59. The number of nitrogens with zero attached hydrogens (tertiary/aromatic N) is 4. The Morgan fingerprint density at radius 2 is 2.00 bits per heavy atom. The molecule has 0 radical (unpaired) electrons. The fourth-order valence-corrected chi connectivity index (χ4v) is 3.12. The van der Waals surface area contributed by atoms with Crippen molar-refractivity contribution in [1.82, 2.24) is 20.1 Å². The zero-order valence-electron chi connectivity index (χ0n) is 15.9. The van der Waals surface area contributed by atoms with Crippen molar-refractivity contribution >= 4 is 30.6 Å². The van der Waals surface area contributed by atoms with Gasteiger partial charge in [0.1, 0.15) is 18.1 Å². The maximum Gasteiger partial charge on any atom is 0.156 e. The second-order valence-electron chi connectivity index (χ2n) is 6.70. The first-order valence-electron chi connectivity index (χ1n) is 8.94. The SMILES string of the molecule is COCc1nc(NCc2cc(-c3ccccn3)no2)cc(C2CC(N)C2)n1.Cl.Cl. The van der Waals surface area contributed by atoms with Gasteiger partial charge >= 0.3 is 0 Å². The van der Waals surface area contributed by atoms with Crippen LogP contribution in [0.1, 0.15) is 36.0 Å². The summed E-state index contributed by atoms with van der Waals surface area (Å²) < 4.78 is 10.6. The van der Waals surface area contributed by atoms with Crippen LogP contribution in [0.4, 0.5) is 5.82 Å². The molecule has 0 aliphatic heterocycles. The van der Waals surface area contributed by atoms with Crippen molar-refractivity contribution in [2.24, 2.45) is 5.73 Å². The molecule has 3 heterocycles. The third kappa shape index (κ3) is 5.63. The molecule has 3 aromatic heterocycles. The standard InChI is InChI=1S/C19H22N6O2.2ClH/c1-26-11-19-23-16(12-6-13(20)7-12)9-18(24-19)22-10-14-8-17(25-27-14)15-4-2-3-5-21-15;;/h2-5,8-9,12-13H,6-7,10-11,20H2,1H3,(H,22,23,24);2*1H. The van der Waals surface area contributed by atoms with Gasteiger partial charge < -0.3 is 20.3 Å². The summed E-state index contributed by atoms with van der Waals surface area (Å²) in [5.74, 6) is 2.49. The highest BCUT2D eigenvalue weighted by Crippen LogP contribution is 2.35. The van der Waals surface area contributed by atoms with Gasteiger partial charge in [-0.25, -0.2) is 9.97 Å². The summed E-state index contributed by atoms with van der Waals surface area (Å²) in [6.07, 6.45) is 3.64. The van der Waals surface area contributed by atoms with Gasteiger partial charge in [0.05, 0.1) is 12.2 Å². The average Bonchev–Trinajstić information content (AvgIpc) is 3.14. The largest absolute Gasteiger partial charge is 0.377 e. The predicted molar refractivity (Wildman–Crippen MR) is 114 cm³/mol. The lowest BCUT2D eigenvalue weighted by Gasteiger charge is -2.32. The molecule has 8 nitrogen and oxygen atoms in total. The van der Waals surface area contributed by atoms with Crippen LogP contribution in [0.5, 0.6) is 0 Å². The van der Waals surface area contributed by atoms with E-state index in [1.54, 1.807) is 13.3 Å². The van der Waals surface area contributed by atoms with Gasteiger partial charge in [0, 0.05) is 43.1 Å². The first-order valence-corrected chi connectivity index (χ1v) is 8.94. The van der Waals surface area contributed by atoms with Crippen molar-refractivity contribution in [1.29, 1.82) is 0 Å². The molecule has 3 aromatic rings. The van der Waals surface area contributed by atoms with Crippen molar-refractivity contribution in [3.05, 3.63) is 53.8 Å². The fraction of sp³-hybridized carbons (Fsp3) is 0.368. The van der Waals surface area contributed by atoms with Gasteiger partial charge in [0.25, 0.3) is 0 Å². The van der Waals surface area contributed by atoms with Crippen LogP contribution in [0.25, 0.3) is 11.4 Å². The maximum atomic E-state index is 5.92. The predicted octanol–water partition coefficient (Wildman–Crippen LogP) is 3.33. The van der Waals surface area contributed by atoms with Crippen molar-refractivity contribution in [3.8, 4) is 11.4 Å². The normalized spacial score (nSPS) is 17.6. The summed E-state index contributed by atoms with van der Waals surface area (Å²) in [7, 11) is 1.63. The monoisotopic (exact) mass is 438 g/mol. The summed E-state index contributed by atoms with van der Waals surface area (Å²) in [5, 5.41) is 7.37. The van der Waals surface area contributed by atoms with Gasteiger partial charge in [0.2, 0.25) is 0 Å². The fourth-order valence-electron chi connectivity index (χ4n) is 3.12. The van der Waals surface area contributed by atoms with E-state index in [4.69, 9.17) is 15.0 Å². The van der Waals surface area contributed by atoms with Crippen molar-refractivity contribution in [2.45, 2.75) is 38.0 Å². The molecule has 0 atom stereocenters. The maximum absolute atomic E-state index is 5.92. The molecule has 0 unspecified atom stereocenters. The Balaban J connectivity index is 0.00000150. The first kappa shape index (κ1) is 23.0. The summed E-state index contributed by atoms with van der Waals surface area (Å²) in [6, 6.07) is 9.80. The molecular weight excluding hydrogens is 415 g/mol. The highest BCUT2D eigenvalue weighted by Gasteiger charge is 2.29. The van der Waals surface area contributed by atoms with E-state index >= 15 is 0 Å². The van der Waals surface area contributed by atoms with E-state index in [1.807, 2.05) is 30.3 Å². The molecule has 4 rings (SSSR count). The third-order valence-electron chi connectivity index (χ3n) is 4.59. The van der Waals surface area contributed by atoms with Gasteiger partial charge in [-0.15, -0.1) is 24.8 Å². The second-order valence-corrected chi connectivity index (χ2v) is 6.70. The number of aromatic nitrogens is 4. The molecule has 1 fully saturated rings. The van der Waals surface area contributed by atoms with Crippen LogP contribution in [0.15, 0.2) is 41.1 Å². The molecule has 0 saturated heterocycles. The Bertz CT molecular complexity index is 903. The van der Waals surface area contributed by atoms with E-state index in [9.17, 15) is 0 Å². The molecule has 1 aliphatic rings. The van der Waals surface area contributed by atoms with Gasteiger partial charge in [-0.3, -0.25) is 4.98 Å². The van der Waals surface area contributed by atoms with Crippen molar-refractivity contribution < 1.29 is 9.26 Å².